The zero-order chi connectivity index (χ0) is 14.2. The average Bonchev–Trinajstić information content (AvgIpc) is 3.11. The molecule has 0 aliphatic carbocycles. The van der Waals surface area contributed by atoms with Crippen LogP contribution in [0.1, 0.15) is 11.0 Å². The van der Waals surface area contributed by atoms with E-state index in [4.69, 9.17) is 9.84 Å². The van der Waals surface area contributed by atoms with Crippen molar-refractivity contribution in [3.63, 3.8) is 0 Å². The first-order valence-corrected chi connectivity index (χ1v) is 7.89. The van der Waals surface area contributed by atoms with Crippen LogP contribution < -0.4 is 10.6 Å². The number of aliphatic hydroxyl groups excluding tert-OH is 1. The molecule has 2 aromatic rings. The number of urea groups is 1. The number of ether oxygens (including phenoxy) is 1. The van der Waals surface area contributed by atoms with Crippen molar-refractivity contribution in [1.29, 1.82) is 0 Å². The van der Waals surface area contributed by atoms with Crippen molar-refractivity contribution >= 4 is 33.7 Å². The van der Waals surface area contributed by atoms with E-state index in [9.17, 15) is 4.79 Å². The maximum Gasteiger partial charge on any atom is 0.319 e. The van der Waals surface area contributed by atoms with Crippen LogP contribution in [0, 0.1) is 0 Å². The molecule has 0 spiro atoms. The van der Waals surface area contributed by atoms with E-state index in [2.05, 4.69) is 10.6 Å². The number of rotatable bonds is 7. The lowest BCUT2D eigenvalue weighted by molar-refractivity contribution is 0.0316. The summed E-state index contributed by atoms with van der Waals surface area (Å²) in [4.78, 5) is 12.8. The van der Waals surface area contributed by atoms with Crippen LogP contribution in [0.2, 0.25) is 0 Å². The van der Waals surface area contributed by atoms with Crippen LogP contribution in [0.15, 0.2) is 35.0 Å². The van der Waals surface area contributed by atoms with Gasteiger partial charge in [-0.2, -0.15) is 0 Å². The van der Waals surface area contributed by atoms with Gasteiger partial charge in [0, 0.05) is 4.88 Å². The van der Waals surface area contributed by atoms with E-state index in [0.717, 1.165) is 9.88 Å². The van der Waals surface area contributed by atoms with Gasteiger partial charge in [-0.25, -0.2) is 4.79 Å². The zero-order valence-corrected chi connectivity index (χ0v) is 12.4. The molecular formula is C13H16N2O3S2. The quantitative estimate of drug-likeness (QED) is 0.736. The summed E-state index contributed by atoms with van der Waals surface area (Å²) in [6, 6.07) is 7.33. The van der Waals surface area contributed by atoms with Gasteiger partial charge >= 0.3 is 6.03 Å². The smallest absolute Gasteiger partial charge is 0.319 e. The Hall–Kier alpha value is -1.41. The van der Waals surface area contributed by atoms with Gasteiger partial charge in [-0.3, -0.25) is 5.32 Å². The first kappa shape index (κ1) is 15.0. The van der Waals surface area contributed by atoms with Gasteiger partial charge in [0.05, 0.1) is 24.8 Å². The largest absolute Gasteiger partial charge is 0.394 e. The van der Waals surface area contributed by atoms with E-state index in [1.807, 2.05) is 35.0 Å². The van der Waals surface area contributed by atoms with Crippen LogP contribution in [-0.2, 0) is 4.74 Å². The fourth-order valence-corrected chi connectivity index (χ4v) is 2.99. The van der Waals surface area contributed by atoms with Crippen molar-refractivity contribution in [2.24, 2.45) is 0 Å². The fourth-order valence-electron chi connectivity index (χ4n) is 1.60. The molecule has 2 amide bonds. The van der Waals surface area contributed by atoms with Gasteiger partial charge < -0.3 is 15.2 Å². The predicted octanol–water partition coefficient (Wildman–Crippen LogP) is 2.68. The summed E-state index contributed by atoms with van der Waals surface area (Å²) in [5, 5.41) is 19.0. The SMILES string of the molecule is O=C(NCC(OCCO)c1cccs1)Nc1cccs1. The molecule has 0 saturated heterocycles. The summed E-state index contributed by atoms with van der Waals surface area (Å²) in [5.74, 6) is 0. The monoisotopic (exact) mass is 312 g/mol. The van der Waals surface area contributed by atoms with Gasteiger partial charge in [0.25, 0.3) is 0 Å². The Balaban J connectivity index is 1.83. The third kappa shape index (κ3) is 4.61. The molecule has 0 aromatic carbocycles. The number of carbonyl (C=O) groups excluding carboxylic acids is 1. The molecule has 3 N–H and O–H groups in total. The molecule has 5 nitrogen and oxygen atoms in total. The number of hydrogen-bond donors (Lipinski definition) is 3. The first-order valence-electron chi connectivity index (χ1n) is 6.14. The van der Waals surface area contributed by atoms with Crippen LogP contribution >= 0.6 is 22.7 Å². The van der Waals surface area contributed by atoms with Crippen molar-refractivity contribution in [3.05, 3.63) is 39.9 Å². The first-order chi connectivity index (χ1) is 9.79. The van der Waals surface area contributed by atoms with Crippen LogP contribution in [0.25, 0.3) is 0 Å². The predicted molar refractivity (Wildman–Crippen MR) is 81.4 cm³/mol. The number of nitrogens with one attached hydrogen (secondary N) is 2. The van der Waals surface area contributed by atoms with Crippen molar-refractivity contribution in [3.8, 4) is 0 Å². The van der Waals surface area contributed by atoms with Gasteiger partial charge in [-0.1, -0.05) is 6.07 Å². The van der Waals surface area contributed by atoms with E-state index in [0.29, 0.717) is 6.54 Å². The second-order valence-electron chi connectivity index (χ2n) is 3.91. The normalized spacial score (nSPS) is 12.1. The molecule has 1 unspecified atom stereocenters. The number of aliphatic hydroxyl groups is 1. The summed E-state index contributed by atoms with van der Waals surface area (Å²) >= 11 is 3.03. The molecule has 1 atom stereocenters. The Morgan fingerprint density at radius 2 is 2.10 bits per heavy atom. The maximum absolute atomic E-state index is 11.7. The Morgan fingerprint density at radius 3 is 2.75 bits per heavy atom. The van der Waals surface area contributed by atoms with E-state index in [1.165, 1.54) is 11.3 Å². The maximum atomic E-state index is 11.7. The highest BCUT2D eigenvalue weighted by Crippen LogP contribution is 2.22. The highest BCUT2D eigenvalue weighted by molar-refractivity contribution is 7.14. The van der Waals surface area contributed by atoms with Crippen molar-refractivity contribution in [2.75, 3.05) is 25.1 Å². The molecule has 108 valence electrons. The second kappa shape index (κ2) is 8.01. The number of carbonyl (C=O) groups is 1. The van der Waals surface area contributed by atoms with Crippen molar-refractivity contribution in [1.82, 2.24) is 5.32 Å². The minimum atomic E-state index is -0.262. The molecule has 0 saturated carbocycles. The summed E-state index contributed by atoms with van der Waals surface area (Å²) in [6.45, 7) is 0.567. The minimum Gasteiger partial charge on any atom is -0.394 e. The lowest BCUT2D eigenvalue weighted by atomic mass is 10.3. The van der Waals surface area contributed by atoms with Crippen molar-refractivity contribution < 1.29 is 14.6 Å². The number of thiophene rings is 2. The summed E-state index contributed by atoms with van der Waals surface area (Å²) in [7, 11) is 0. The van der Waals surface area contributed by atoms with E-state index < -0.39 is 0 Å². The molecule has 0 bridgehead atoms. The Morgan fingerprint density at radius 1 is 1.30 bits per heavy atom. The summed E-state index contributed by atoms with van der Waals surface area (Å²) in [6.07, 6.45) is -0.240. The molecule has 2 aromatic heterocycles. The van der Waals surface area contributed by atoms with Gasteiger partial charge in [0.2, 0.25) is 0 Å². The third-order valence-electron chi connectivity index (χ3n) is 2.48. The number of hydrogen-bond acceptors (Lipinski definition) is 5. The van der Waals surface area contributed by atoms with Gasteiger partial charge in [0.15, 0.2) is 0 Å². The fraction of sp³-hybridized carbons (Fsp3) is 0.308. The second-order valence-corrected chi connectivity index (χ2v) is 5.84. The average molecular weight is 312 g/mol. The molecule has 20 heavy (non-hydrogen) atoms. The van der Waals surface area contributed by atoms with Crippen LogP contribution in [0.4, 0.5) is 9.80 Å². The summed E-state index contributed by atoms with van der Waals surface area (Å²) in [5.41, 5.74) is 0. The van der Waals surface area contributed by atoms with Crippen LogP contribution in [0.5, 0.6) is 0 Å². The lowest BCUT2D eigenvalue weighted by Crippen LogP contribution is -2.33. The zero-order valence-electron chi connectivity index (χ0n) is 10.7. The lowest BCUT2D eigenvalue weighted by Gasteiger charge is -2.16. The standard InChI is InChI=1S/C13H16N2O3S2/c16-5-6-18-10(11-3-1-7-19-11)9-14-13(17)15-12-4-2-8-20-12/h1-4,7-8,10,16H,5-6,9H2,(H2,14,15,17). The van der Waals surface area contributed by atoms with Gasteiger partial charge in [-0.15, -0.1) is 22.7 Å². The Bertz CT molecular complexity index is 500. The number of anilines is 1. The van der Waals surface area contributed by atoms with Crippen LogP contribution in [-0.4, -0.2) is 30.9 Å². The molecule has 2 heterocycles. The van der Waals surface area contributed by atoms with Crippen LogP contribution in [0.3, 0.4) is 0 Å². The third-order valence-corrected chi connectivity index (χ3v) is 4.23. The Labute approximate surface area is 125 Å². The highest BCUT2D eigenvalue weighted by Gasteiger charge is 2.14. The van der Waals surface area contributed by atoms with E-state index >= 15 is 0 Å². The number of amides is 2. The van der Waals surface area contributed by atoms with E-state index in [-0.39, 0.29) is 25.3 Å². The van der Waals surface area contributed by atoms with Gasteiger partial charge in [-0.05, 0) is 29.0 Å². The molecular weight excluding hydrogens is 296 g/mol. The molecule has 7 heteroatoms. The minimum absolute atomic E-state index is 0.0384. The molecule has 0 radical (unpaired) electrons. The molecule has 0 aliphatic rings. The molecule has 0 aliphatic heterocycles. The molecule has 0 fully saturated rings. The summed E-state index contributed by atoms with van der Waals surface area (Å²) < 4.78 is 5.54. The van der Waals surface area contributed by atoms with E-state index in [1.54, 1.807) is 11.3 Å². The van der Waals surface area contributed by atoms with Gasteiger partial charge in [0.1, 0.15) is 6.10 Å². The van der Waals surface area contributed by atoms with Crippen molar-refractivity contribution in [2.45, 2.75) is 6.10 Å². The topological polar surface area (TPSA) is 70.6 Å². The highest BCUT2D eigenvalue weighted by atomic mass is 32.1. The Kier molecular flexibility index (Phi) is 6.00. The molecule has 2 rings (SSSR count).